The van der Waals surface area contributed by atoms with Crippen LogP contribution in [0.25, 0.3) is 17.2 Å². The van der Waals surface area contributed by atoms with Gasteiger partial charge >= 0.3 is 5.97 Å². The van der Waals surface area contributed by atoms with Crippen molar-refractivity contribution in [3.8, 4) is 5.69 Å². The highest BCUT2D eigenvalue weighted by Crippen LogP contribution is 2.39. The Morgan fingerprint density at radius 2 is 1.67 bits per heavy atom. The first kappa shape index (κ1) is 29.1. The second kappa shape index (κ2) is 11.4. The van der Waals surface area contributed by atoms with E-state index in [-0.39, 0.29) is 45.5 Å². The minimum atomic E-state index is -4.41. The molecule has 4 aromatic rings. The van der Waals surface area contributed by atoms with Crippen LogP contribution < -0.4 is 10.6 Å². The standard InChI is InChI=1S/C30H26N4O8S/c1-4-41-30(36)25-24(19(3)33(31-25)21-14-10-18(2)11-15-21)27(35)26-29(43(39,40)23-8-6-5-7-9-23)28(42-32-26)20-12-16-22(17-13-20)34(37)38/h5-17,32,35H,4H2,1-3H3/p-1. The van der Waals surface area contributed by atoms with E-state index in [0.717, 1.165) is 5.56 Å². The summed E-state index contributed by atoms with van der Waals surface area (Å²) < 4.78 is 34.6. The predicted molar refractivity (Wildman–Crippen MR) is 154 cm³/mol. The van der Waals surface area contributed by atoms with Crippen LogP contribution >= 0.6 is 0 Å². The van der Waals surface area contributed by atoms with Gasteiger partial charge in [0.1, 0.15) is 4.91 Å². The molecule has 0 saturated heterocycles. The lowest BCUT2D eigenvalue weighted by atomic mass is 10.1. The number of nitro groups is 1. The van der Waals surface area contributed by atoms with Crippen LogP contribution in [-0.4, -0.2) is 35.7 Å². The van der Waals surface area contributed by atoms with Crippen LogP contribution in [0.3, 0.4) is 0 Å². The molecule has 12 nitrogen and oxygen atoms in total. The fourth-order valence-electron chi connectivity index (χ4n) is 4.53. The normalized spacial score (nSPS) is 14.2. The van der Waals surface area contributed by atoms with Crippen molar-refractivity contribution in [1.82, 2.24) is 15.3 Å². The summed E-state index contributed by atoms with van der Waals surface area (Å²) in [4.78, 5) is 28.6. The van der Waals surface area contributed by atoms with E-state index in [1.807, 2.05) is 19.1 Å². The van der Waals surface area contributed by atoms with Crippen LogP contribution in [0, 0.1) is 24.0 Å². The molecule has 0 saturated carbocycles. The third-order valence-electron chi connectivity index (χ3n) is 6.67. The van der Waals surface area contributed by atoms with Gasteiger partial charge in [0.25, 0.3) is 5.69 Å². The van der Waals surface area contributed by atoms with Crippen molar-refractivity contribution in [3.63, 3.8) is 0 Å². The highest BCUT2D eigenvalue weighted by Gasteiger charge is 2.37. The highest BCUT2D eigenvalue weighted by molar-refractivity contribution is 7.95. The summed E-state index contributed by atoms with van der Waals surface area (Å²) in [5, 5.41) is 29.8. The maximum absolute atomic E-state index is 14.3. The number of hydrogen-bond acceptors (Lipinski definition) is 10. The summed E-state index contributed by atoms with van der Waals surface area (Å²) in [6, 6.07) is 19.6. The van der Waals surface area contributed by atoms with Gasteiger partial charge in [-0.3, -0.25) is 10.1 Å². The third kappa shape index (κ3) is 5.33. The zero-order chi connectivity index (χ0) is 30.9. The smallest absolute Gasteiger partial charge is 0.359 e. The minimum absolute atomic E-state index is 0.0126. The Morgan fingerprint density at radius 3 is 2.28 bits per heavy atom. The number of aryl methyl sites for hydroxylation is 1. The topological polar surface area (TPSA) is 166 Å². The number of sulfone groups is 1. The first-order valence-corrected chi connectivity index (χ1v) is 14.5. The molecule has 0 spiro atoms. The molecule has 2 heterocycles. The SMILES string of the molecule is CCOC(=O)c1nn(-c2ccc(C)cc2)c(C)c1C([O-])=C1NOC(c2ccc([N+](=O)[O-])cc2)=C1S(=O)(=O)c1ccccc1. The summed E-state index contributed by atoms with van der Waals surface area (Å²) in [7, 11) is -4.41. The van der Waals surface area contributed by atoms with Gasteiger partial charge in [0.15, 0.2) is 11.5 Å². The van der Waals surface area contributed by atoms with E-state index in [0.29, 0.717) is 5.69 Å². The Labute approximate surface area is 246 Å². The van der Waals surface area contributed by atoms with Gasteiger partial charge in [0.05, 0.1) is 27.8 Å². The van der Waals surface area contributed by atoms with E-state index < -0.39 is 37.1 Å². The van der Waals surface area contributed by atoms with Crippen LogP contribution in [-0.2, 0) is 19.4 Å². The molecule has 1 aliphatic heterocycles. The number of hydroxylamine groups is 1. The molecule has 0 radical (unpaired) electrons. The molecule has 13 heteroatoms. The zero-order valence-electron chi connectivity index (χ0n) is 23.2. The van der Waals surface area contributed by atoms with Gasteiger partial charge in [0, 0.05) is 29.0 Å². The molecule has 0 unspecified atom stereocenters. The van der Waals surface area contributed by atoms with Crippen LogP contribution in [0.2, 0.25) is 0 Å². The molecule has 0 amide bonds. The Balaban J connectivity index is 1.78. The summed E-state index contributed by atoms with van der Waals surface area (Å²) in [5.74, 6) is -2.00. The lowest BCUT2D eigenvalue weighted by Gasteiger charge is -2.18. The number of ether oxygens (including phenoxy) is 1. The number of non-ortho nitro benzene ring substituents is 1. The minimum Gasteiger partial charge on any atom is -0.870 e. The van der Waals surface area contributed by atoms with Gasteiger partial charge in [-0.25, -0.2) is 23.4 Å². The van der Waals surface area contributed by atoms with Gasteiger partial charge in [-0.1, -0.05) is 41.7 Å². The summed E-state index contributed by atoms with van der Waals surface area (Å²) in [6.45, 7) is 5.10. The Kier molecular flexibility index (Phi) is 7.74. The Hall–Kier alpha value is -5.43. The number of nitrogens with zero attached hydrogens (tertiary/aromatic N) is 3. The van der Waals surface area contributed by atoms with Gasteiger partial charge in [-0.2, -0.15) is 5.10 Å². The molecule has 1 N–H and O–H groups in total. The van der Waals surface area contributed by atoms with E-state index in [1.54, 1.807) is 32.0 Å². The molecule has 0 atom stereocenters. The van der Waals surface area contributed by atoms with E-state index in [9.17, 15) is 28.4 Å². The predicted octanol–water partition coefficient (Wildman–Crippen LogP) is 3.98. The molecule has 1 aliphatic rings. The van der Waals surface area contributed by atoms with Crippen molar-refractivity contribution in [2.45, 2.75) is 25.7 Å². The molecular weight excluding hydrogens is 576 g/mol. The lowest BCUT2D eigenvalue weighted by molar-refractivity contribution is -0.384. The number of carbonyl (C=O) groups excluding carboxylic acids is 1. The Bertz CT molecular complexity index is 1890. The second-order valence-corrected chi connectivity index (χ2v) is 11.4. The van der Waals surface area contributed by atoms with E-state index in [2.05, 4.69) is 10.6 Å². The summed E-state index contributed by atoms with van der Waals surface area (Å²) in [6.07, 6.45) is 0. The van der Waals surface area contributed by atoms with Crippen molar-refractivity contribution in [2.75, 3.05) is 6.61 Å². The monoisotopic (exact) mass is 601 g/mol. The molecule has 0 bridgehead atoms. The number of nitrogens with one attached hydrogen (secondary N) is 1. The third-order valence-corrected chi connectivity index (χ3v) is 8.49. The second-order valence-electron chi connectivity index (χ2n) is 9.46. The van der Waals surface area contributed by atoms with Crippen LogP contribution in [0.5, 0.6) is 0 Å². The van der Waals surface area contributed by atoms with E-state index >= 15 is 0 Å². The number of aromatic nitrogens is 2. The number of rotatable bonds is 8. The number of carbonyl (C=O) groups is 1. The van der Waals surface area contributed by atoms with E-state index in [4.69, 9.17) is 9.57 Å². The van der Waals surface area contributed by atoms with Crippen molar-refractivity contribution in [2.24, 2.45) is 0 Å². The van der Waals surface area contributed by atoms with Gasteiger partial charge in [0.2, 0.25) is 9.84 Å². The lowest BCUT2D eigenvalue weighted by Crippen LogP contribution is -2.20. The molecule has 1 aromatic heterocycles. The molecule has 5 rings (SSSR count). The van der Waals surface area contributed by atoms with Crippen molar-refractivity contribution >= 4 is 33.0 Å². The average Bonchev–Trinajstić information content (AvgIpc) is 3.60. The summed E-state index contributed by atoms with van der Waals surface area (Å²) in [5.41, 5.74) is 3.23. The molecular formula is C30H25N4O8S-. The molecule has 220 valence electrons. The molecule has 43 heavy (non-hydrogen) atoms. The fourth-order valence-corrected chi connectivity index (χ4v) is 6.09. The maximum atomic E-state index is 14.3. The van der Waals surface area contributed by atoms with Crippen LogP contribution in [0.4, 0.5) is 5.69 Å². The quantitative estimate of drug-likeness (QED) is 0.135. The number of hydrogen-bond donors (Lipinski definition) is 1. The molecule has 3 aromatic carbocycles. The number of esters is 1. The zero-order valence-corrected chi connectivity index (χ0v) is 24.0. The van der Waals surface area contributed by atoms with Crippen molar-refractivity contribution < 1.29 is 32.8 Å². The largest absolute Gasteiger partial charge is 0.870 e. The first-order chi connectivity index (χ1) is 20.5. The van der Waals surface area contributed by atoms with Gasteiger partial charge in [-0.15, -0.1) is 0 Å². The fraction of sp³-hybridized carbons (Fsp3) is 0.133. The Morgan fingerprint density at radius 1 is 1.02 bits per heavy atom. The highest BCUT2D eigenvalue weighted by atomic mass is 32.2. The van der Waals surface area contributed by atoms with Crippen LogP contribution in [0.15, 0.2) is 94.4 Å². The van der Waals surface area contributed by atoms with E-state index in [1.165, 1.54) is 53.2 Å². The van der Waals surface area contributed by atoms with Gasteiger partial charge < -0.3 is 14.7 Å². The molecule has 0 fully saturated rings. The number of benzene rings is 3. The molecule has 0 aliphatic carbocycles. The van der Waals surface area contributed by atoms with Crippen LogP contribution in [0.1, 0.15) is 39.8 Å². The average molecular weight is 602 g/mol. The van der Waals surface area contributed by atoms with Crippen molar-refractivity contribution in [1.29, 1.82) is 0 Å². The van der Waals surface area contributed by atoms with Crippen molar-refractivity contribution in [3.05, 3.63) is 128 Å². The van der Waals surface area contributed by atoms with Gasteiger partial charge in [-0.05, 0) is 57.2 Å². The first-order valence-electron chi connectivity index (χ1n) is 13.0. The number of nitro benzene ring substituents is 1. The maximum Gasteiger partial charge on any atom is 0.359 e. The summed E-state index contributed by atoms with van der Waals surface area (Å²) >= 11 is 0.